The van der Waals surface area contributed by atoms with Crippen LogP contribution in [0.2, 0.25) is 0 Å². The molecule has 9 rings (SSSR count). The molecule has 3 aliphatic heterocycles. The standard InChI is InChI=1S/C57H55N5O9/c1-60(38-40-17-6-3-7-18-40)32-16-19-39-27-28-46-45(37-39)57(55(66)61(46)56(67)70-36-35-68-2)48(53(64)59-31-29-43-24-14-15-30-58-43)50-54(65)71-51(42-22-10-5-11-23-42)49(41-20-8-4-9-21-41)62(50)52(57)44-25-12-13-26-47(44)69-34-33-63/h3-15,17-18,20-28,30,37,48-52,63H,29,31-36,38H2,1-2H3,(H,59,64)/t48-,49-,50-,51+,52+,57-/m1/s1. The Kier molecular flexibility index (Phi) is 15.0. The number of pyridine rings is 1. The average Bonchev–Trinajstić information content (AvgIpc) is 3.85. The van der Waals surface area contributed by atoms with Crippen LogP contribution in [-0.4, -0.2) is 103 Å². The van der Waals surface area contributed by atoms with Crippen molar-refractivity contribution in [2.45, 2.75) is 42.6 Å². The minimum atomic E-state index is -2.08. The maximum atomic E-state index is 16.5. The SMILES string of the molecule is COCCOC(=O)N1C(=O)[C@@]2(c3cc(C#CCN(C)Cc4ccccc4)ccc31)[C@H](c1ccccc1OCCO)N1[C@H](c3ccccc3)[C@H](c3ccccc3)OC(=O)[C@H]1[C@@H]2C(=O)NCCc1ccccn1. The molecule has 1 aromatic heterocycles. The molecule has 2 fully saturated rings. The Balaban J connectivity index is 1.29. The number of carbonyl (C=O) groups excluding carboxylic acids is 4. The van der Waals surface area contributed by atoms with Gasteiger partial charge < -0.3 is 29.4 Å². The van der Waals surface area contributed by atoms with Crippen LogP contribution in [0.25, 0.3) is 0 Å². The summed E-state index contributed by atoms with van der Waals surface area (Å²) < 4.78 is 23.9. The number of hydrogen-bond donors (Lipinski definition) is 2. The number of aromatic nitrogens is 1. The van der Waals surface area contributed by atoms with E-state index in [1.54, 1.807) is 54.7 Å². The van der Waals surface area contributed by atoms with Crippen LogP contribution in [0.5, 0.6) is 5.75 Å². The number of cyclic esters (lactones) is 1. The molecule has 1 spiro atoms. The fraction of sp³-hybridized carbons (Fsp3) is 0.281. The van der Waals surface area contributed by atoms with Crippen LogP contribution in [0.15, 0.2) is 158 Å². The third kappa shape index (κ3) is 9.65. The predicted molar refractivity (Wildman–Crippen MR) is 265 cm³/mol. The van der Waals surface area contributed by atoms with E-state index in [0.717, 1.165) is 21.7 Å². The van der Waals surface area contributed by atoms with Gasteiger partial charge >= 0.3 is 12.1 Å². The number of morpholine rings is 1. The number of methoxy groups -OCH3 is 1. The molecule has 3 amide bonds. The van der Waals surface area contributed by atoms with Crippen LogP contribution in [0, 0.1) is 17.8 Å². The Morgan fingerprint density at radius 1 is 0.831 bits per heavy atom. The second-order valence-corrected chi connectivity index (χ2v) is 17.7. The summed E-state index contributed by atoms with van der Waals surface area (Å²) in [6, 6.07) is 43.2. The van der Waals surface area contributed by atoms with Gasteiger partial charge in [0.25, 0.3) is 0 Å². The number of aliphatic hydroxyl groups is 1. The van der Waals surface area contributed by atoms with Crippen LogP contribution in [0.1, 0.15) is 57.3 Å². The van der Waals surface area contributed by atoms with Gasteiger partial charge in [0.15, 0.2) is 0 Å². The van der Waals surface area contributed by atoms with E-state index in [0.29, 0.717) is 42.0 Å². The van der Waals surface area contributed by atoms with Crippen molar-refractivity contribution in [3.8, 4) is 17.6 Å². The molecule has 2 N–H and O–H groups in total. The zero-order valence-corrected chi connectivity index (χ0v) is 39.6. The van der Waals surface area contributed by atoms with Crippen LogP contribution in [0.4, 0.5) is 10.5 Å². The van der Waals surface area contributed by atoms with E-state index >= 15 is 14.4 Å². The number of imide groups is 1. The minimum Gasteiger partial charge on any atom is -0.491 e. The van der Waals surface area contributed by atoms with Crippen molar-refractivity contribution in [3.05, 3.63) is 197 Å². The van der Waals surface area contributed by atoms with Gasteiger partial charge in [0.2, 0.25) is 11.8 Å². The van der Waals surface area contributed by atoms with Crippen LogP contribution < -0.4 is 15.0 Å². The van der Waals surface area contributed by atoms with Crippen molar-refractivity contribution in [1.29, 1.82) is 0 Å². The number of para-hydroxylation sites is 1. The highest BCUT2D eigenvalue weighted by molar-refractivity contribution is 6.23. The van der Waals surface area contributed by atoms with Gasteiger partial charge in [-0.15, -0.1) is 0 Å². The van der Waals surface area contributed by atoms with Crippen molar-refractivity contribution in [2.24, 2.45) is 5.92 Å². The maximum absolute atomic E-state index is 16.5. The minimum absolute atomic E-state index is 0.0554. The van der Waals surface area contributed by atoms with Gasteiger partial charge in [-0.05, 0) is 65.7 Å². The number of nitrogens with one attached hydrogen (secondary N) is 1. The van der Waals surface area contributed by atoms with Gasteiger partial charge in [0.05, 0.1) is 43.4 Å². The molecule has 0 unspecified atom stereocenters. The van der Waals surface area contributed by atoms with Gasteiger partial charge in [-0.1, -0.05) is 127 Å². The summed E-state index contributed by atoms with van der Waals surface area (Å²) >= 11 is 0. The summed E-state index contributed by atoms with van der Waals surface area (Å²) in [7, 11) is 3.45. The highest BCUT2D eigenvalue weighted by Gasteiger charge is 2.76. The number of anilines is 1. The lowest BCUT2D eigenvalue weighted by Crippen LogP contribution is -2.56. The first-order valence-corrected chi connectivity index (χ1v) is 23.7. The first-order chi connectivity index (χ1) is 34.8. The van der Waals surface area contributed by atoms with E-state index in [9.17, 15) is 9.90 Å². The van der Waals surface area contributed by atoms with Crippen molar-refractivity contribution in [2.75, 3.05) is 58.6 Å². The first-order valence-electron chi connectivity index (χ1n) is 23.7. The molecule has 0 aliphatic carbocycles. The molecular formula is C57H55N5O9. The zero-order valence-electron chi connectivity index (χ0n) is 39.6. The zero-order chi connectivity index (χ0) is 49.3. The molecule has 14 nitrogen and oxygen atoms in total. The molecule has 0 bridgehead atoms. The fourth-order valence-electron chi connectivity index (χ4n) is 10.4. The summed E-state index contributed by atoms with van der Waals surface area (Å²) in [5.41, 5.74) is 2.59. The Labute approximate surface area is 413 Å². The lowest BCUT2D eigenvalue weighted by molar-refractivity contribution is -0.178. The van der Waals surface area contributed by atoms with Gasteiger partial charge in [-0.25, -0.2) is 9.69 Å². The van der Waals surface area contributed by atoms with Gasteiger partial charge in [0.1, 0.15) is 36.5 Å². The van der Waals surface area contributed by atoms with Crippen molar-refractivity contribution < 1.29 is 43.2 Å². The molecule has 3 aliphatic rings. The van der Waals surface area contributed by atoms with Gasteiger partial charge in [0, 0.05) is 49.6 Å². The number of rotatable bonds is 16. The van der Waals surface area contributed by atoms with Crippen LogP contribution >= 0.6 is 0 Å². The molecule has 71 heavy (non-hydrogen) atoms. The number of carbonyl (C=O) groups is 4. The molecule has 0 saturated carbocycles. The number of nitrogens with zero attached hydrogens (tertiary/aromatic N) is 4. The van der Waals surface area contributed by atoms with E-state index in [4.69, 9.17) is 18.9 Å². The normalized spacial score (nSPS) is 21.2. The lowest BCUT2D eigenvalue weighted by Gasteiger charge is -2.46. The second-order valence-electron chi connectivity index (χ2n) is 17.7. The maximum Gasteiger partial charge on any atom is 0.421 e. The summed E-state index contributed by atoms with van der Waals surface area (Å²) in [5.74, 6) is 3.20. The molecular weight excluding hydrogens is 899 g/mol. The summed E-state index contributed by atoms with van der Waals surface area (Å²) in [6.07, 6.45) is 0.0900. The third-order valence-electron chi connectivity index (χ3n) is 13.3. The Bertz CT molecular complexity index is 2900. The second kappa shape index (κ2) is 22.0. The van der Waals surface area contributed by atoms with Gasteiger partial charge in [-0.3, -0.25) is 29.2 Å². The largest absolute Gasteiger partial charge is 0.491 e. The van der Waals surface area contributed by atoms with E-state index in [1.165, 1.54) is 7.11 Å². The summed E-state index contributed by atoms with van der Waals surface area (Å²) in [5, 5.41) is 13.2. The summed E-state index contributed by atoms with van der Waals surface area (Å²) in [6.45, 7) is 0.623. The number of amides is 3. The molecule has 2 saturated heterocycles. The number of benzene rings is 5. The van der Waals surface area contributed by atoms with E-state index < -0.39 is 59.4 Å². The predicted octanol–water partition coefficient (Wildman–Crippen LogP) is 6.74. The fourth-order valence-corrected chi connectivity index (χ4v) is 10.4. The Morgan fingerprint density at radius 3 is 2.25 bits per heavy atom. The van der Waals surface area contributed by atoms with Crippen LogP contribution in [-0.2, 0) is 47.0 Å². The molecule has 362 valence electrons. The quantitative estimate of drug-likeness (QED) is 0.0599. The first kappa shape index (κ1) is 48.4. The Hall–Kier alpha value is -7.67. The molecule has 6 atom stereocenters. The van der Waals surface area contributed by atoms with Crippen LogP contribution in [0.3, 0.4) is 0 Å². The molecule has 14 heteroatoms. The topological polar surface area (TPSA) is 160 Å². The number of fused-ring (bicyclic) bond motifs is 3. The molecule has 4 heterocycles. The van der Waals surface area contributed by atoms with Gasteiger partial charge in [-0.2, -0.15) is 0 Å². The van der Waals surface area contributed by atoms with E-state index in [1.807, 2.05) is 103 Å². The van der Waals surface area contributed by atoms with Crippen molar-refractivity contribution in [3.63, 3.8) is 0 Å². The smallest absolute Gasteiger partial charge is 0.421 e. The highest BCUT2D eigenvalue weighted by atomic mass is 16.6. The molecule has 0 radical (unpaired) electrons. The molecule has 5 aromatic carbocycles. The van der Waals surface area contributed by atoms with E-state index in [2.05, 4.69) is 39.2 Å². The number of ether oxygens (including phenoxy) is 4. The molecule has 6 aromatic rings. The van der Waals surface area contributed by atoms with Crippen molar-refractivity contribution >= 4 is 29.6 Å². The number of hydrogen-bond acceptors (Lipinski definition) is 12. The highest BCUT2D eigenvalue weighted by Crippen LogP contribution is 2.66. The monoisotopic (exact) mass is 953 g/mol. The summed E-state index contributed by atoms with van der Waals surface area (Å²) in [4.78, 5) is 71.8. The lowest BCUT2D eigenvalue weighted by atomic mass is 9.65. The third-order valence-corrected chi connectivity index (χ3v) is 13.3. The number of esters is 1. The number of aliphatic hydroxyl groups excluding tert-OH is 1. The Morgan fingerprint density at radius 2 is 1.54 bits per heavy atom. The van der Waals surface area contributed by atoms with Crippen molar-refractivity contribution in [1.82, 2.24) is 20.1 Å². The van der Waals surface area contributed by atoms with E-state index in [-0.39, 0.29) is 44.2 Å². The average molecular weight is 954 g/mol.